The third-order valence-electron chi connectivity index (χ3n) is 8.06. The summed E-state index contributed by atoms with van der Waals surface area (Å²) in [5, 5.41) is 11.1. The lowest BCUT2D eigenvalue weighted by Gasteiger charge is -2.34. The van der Waals surface area contributed by atoms with Gasteiger partial charge in [-0.3, -0.25) is 14.3 Å². The van der Waals surface area contributed by atoms with Gasteiger partial charge in [-0.15, -0.1) is 0 Å². The number of aliphatic hydroxyl groups excluding tert-OH is 1. The molecule has 0 radical (unpaired) electrons. The van der Waals surface area contributed by atoms with Gasteiger partial charge in [0.1, 0.15) is 18.2 Å². The van der Waals surface area contributed by atoms with E-state index in [1.54, 1.807) is 24.4 Å². The van der Waals surface area contributed by atoms with Crippen LogP contribution in [-0.4, -0.2) is 72.2 Å². The number of anilines is 1. The number of hydrogen-bond donors (Lipinski definition) is 1. The second kappa shape index (κ2) is 10.4. The molecule has 3 aliphatic rings. The first-order valence-corrected chi connectivity index (χ1v) is 13.4. The Labute approximate surface area is 216 Å². The van der Waals surface area contributed by atoms with Gasteiger partial charge in [-0.2, -0.15) is 0 Å². The van der Waals surface area contributed by atoms with Gasteiger partial charge in [0.05, 0.1) is 23.6 Å². The summed E-state index contributed by atoms with van der Waals surface area (Å²) in [6.07, 6.45) is 6.32. The number of fused-ring (bicyclic) bond motifs is 1. The molecular formula is C29H34FN3O4. The van der Waals surface area contributed by atoms with Gasteiger partial charge in [0.15, 0.2) is 0 Å². The van der Waals surface area contributed by atoms with Gasteiger partial charge < -0.3 is 19.5 Å². The molecule has 8 heteroatoms. The zero-order valence-corrected chi connectivity index (χ0v) is 21.0. The number of likely N-dealkylation sites (tertiary alicyclic amines) is 1. The SMILES string of the molecule is O=c1c2ccc(OC[C@H]3CCCO3)cc2ccn1-c1ccc(N2CCC(N3CCC(O)CC3)C2)c(F)c1. The topological polar surface area (TPSA) is 67.2 Å². The first-order valence-electron chi connectivity index (χ1n) is 13.4. The summed E-state index contributed by atoms with van der Waals surface area (Å²) in [6, 6.07) is 12.7. The first-order chi connectivity index (χ1) is 18.0. The standard InChI is InChI=1S/C29H34FN3O4/c30-27-17-21(3-6-28(27)32-11-8-22(18-32)31-12-9-23(34)10-13-31)33-14-7-20-16-24(4-5-26(20)29(33)35)37-19-25-2-1-15-36-25/h3-7,14,16-17,22-23,25,34H,1-2,8-13,15,18-19H2/t22?,25-/m1/s1. The Morgan fingerprint density at radius 3 is 2.68 bits per heavy atom. The highest BCUT2D eigenvalue weighted by atomic mass is 19.1. The zero-order chi connectivity index (χ0) is 25.4. The van der Waals surface area contributed by atoms with Gasteiger partial charge in [0.2, 0.25) is 0 Å². The summed E-state index contributed by atoms with van der Waals surface area (Å²) in [6.45, 7) is 4.67. The van der Waals surface area contributed by atoms with Crippen LogP contribution in [0.25, 0.3) is 16.5 Å². The maximum atomic E-state index is 15.3. The number of ether oxygens (including phenoxy) is 2. The summed E-state index contributed by atoms with van der Waals surface area (Å²) in [5.41, 5.74) is 0.890. The number of piperidine rings is 1. The Balaban J connectivity index is 1.17. The quantitative estimate of drug-likeness (QED) is 0.549. The molecule has 0 amide bonds. The molecule has 3 fully saturated rings. The van der Waals surface area contributed by atoms with E-state index in [0.29, 0.717) is 35.2 Å². The van der Waals surface area contributed by atoms with Crippen LogP contribution in [0.1, 0.15) is 32.1 Å². The third-order valence-corrected chi connectivity index (χ3v) is 8.06. The van der Waals surface area contributed by atoms with Crippen molar-refractivity contribution >= 4 is 16.5 Å². The van der Waals surface area contributed by atoms with Gasteiger partial charge in [-0.1, -0.05) is 0 Å². The Kier molecular flexibility index (Phi) is 6.88. The van der Waals surface area contributed by atoms with Crippen LogP contribution in [0.5, 0.6) is 5.75 Å². The average molecular weight is 508 g/mol. The van der Waals surface area contributed by atoms with Gasteiger partial charge in [0, 0.05) is 56.5 Å². The zero-order valence-electron chi connectivity index (χ0n) is 21.0. The van der Waals surface area contributed by atoms with Crippen LogP contribution in [0.3, 0.4) is 0 Å². The molecule has 1 N–H and O–H groups in total. The summed E-state index contributed by atoms with van der Waals surface area (Å²) in [5.74, 6) is 0.386. The van der Waals surface area contributed by atoms with E-state index >= 15 is 4.39 Å². The minimum atomic E-state index is -0.322. The average Bonchev–Trinajstić information content (AvgIpc) is 3.61. The second-order valence-electron chi connectivity index (χ2n) is 10.5. The van der Waals surface area contributed by atoms with E-state index < -0.39 is 0 Å². The predicted molar refractivity (Wildman–Crippen MR) is 141 cm³/mol. The summed E-state index contributed by atoms with van der Waals surface area (Å²) in [7, 11) is 0. The highest BCUT2D eigenvalue weighted by molar-refractivity contribution is 5.83. The number of hydrogen-bond acceptors (Lipinski definition) is 6. The molecule has 0 bridgehead atoms. The number of halogens is 1. The van der Waals surface area contributed by atoms with Crippen molar-refractivity contribution in [2.75, 3.05) is 44.3 Å². The van der Waals surface area contributed by atoms with E-state index in [1.165, 1.54) is 10.6 Å². The van der Waals surface area contributed by atoms with E-state index in [4.69, 9.17) is 9.47 Å². The van der Waals surface area contributed by atoms with Crippen molar-refractivity contribution in [3.8, 4) is 11.4 Å². The molecular weight excluding hydrogens is 473 g/mol. The molecule has 4 heterocycles. The molecule has 0 aliphatic carbocycles. The van der Waals surface area contributed by atoms with Gasteiger partial charge in [-0.25, -0.2) is 4.39 Å². The number of aromatic nitrogens is 1. The van der Waals surface area contributed by atoms with E-state index in [-0.39, 0.29) is 23.6 Å². The van der Waals surface area contributed by atoms with Crippen molar-refractivity contribution in [1.29, 1.82) is 0 Å². The van der Waals surface area contributed by atoms with Crippen molar-refractivity contribution in [3.63, 3.8) is 0 Å². The van der Waals surface area contributed by atoms with Crippen molar-refractivity contribution in [2.24, 2.45) is 0 Å². The first kappa shape index (κ1) is 24.4. The smallest absolute Gasteiger partial charge is 0.262 e. The molecule has 3 saturated heterocycles. The maximum Gasteiger partial charge on any atom is 0.262 e. The molecule has 0 saturated carbocycles. The molecule has 6 rings (SSSR count). The van der Waals surface area contributed by atoms with Gasteiger partial charge in [0.25, 0.3) is 5.56 Å². The third kappa shape index (κ3) is 5.10. The largest absolute Gasteiger partial charge is 0.491 e. The molecule has 2 aromatic carbocycles. The van der Waals surface area contributed by atoms with Crippen molar-refractivity contribution in [3.05, 3.63) is 64.8 Å². The molecule has 3 aliphatic heterocycles. The Morgan fingerprint density at radius 2 is 1.89 bits per heavy atom. The van der Waals surface area contributed by atoms with Crippen LogP contribution in [0.2, 0.25) is 0 Å². The summed E-state index contributed by atoms with van der Waals surface area (Å²) < 4.78 is 28.3. The Morgan fingerprint density at radius 1 is 1.03 bits per heavy atom. The predicted octanol–water partition coefficient (Wildman–Crippen LogP) is 3.72. The molecule has 2 atom stereocenters. The summed E-state index contributed by atoms with van der Waals surface area (Å²) in [4.78, 5) is 17.8. The lowest BCUT2D eigenvalue weighted by Crippen LogP contribution is -2.44. The second-order valence-corrected chi connectivity index (χ2v) is 10.5. The number of benzene rings is 2. The molecule has 37 heavy (non-hydrogen) atoms. The fourth-order valence-electron chi connectivity index (χ4n) is 5.90. The number of rotatable bonds is 6. The van der Waals surface area contributed by atoms with E-state index in [0.717, 1.165) is 70.3 Å². The fraction of sp³-hybridized carbons (Fsp3) is 0.483. The number of pyridine rings is 1. The van der Waals surface area contributed by atoms with Crippen LogP contribution >= 0.6 is 0 Å². The van der Waals surface area contributed by atoms with Crippen LogP contribution < -0.4 is 15.2 Å². The summed E-state index contributed by atoms with van der Waals surface area (Å²) >= 11 is 0. The van der Waals surface area contributed by atoms with E-state index in [1.807, 2.05) is 18.2 Å². The molecule has 7 nitrogen and oxygen atoms in total. The molecule has 3 aromatic rings. The molecule has 196 valence electrons. The Bertz CT molecular complexity index is 1310. The molecule has 0 spiro atoms. The lowest BCUT2D eigenvalue weighted by atomic mass is 10.1. The molecule has 1 aromatic heterocycles. The number of aliphatic hydroxyl groups is 1. The van der Waals surface area contributed by atoms with Crippen LogP contribution in [0.4, 0.5) is 10.1 Å². The minimum Gasteiger partial charge on any atom is -0.491 e. The van der Waals surface area contributed by atoms with Crippen LogP contribution in [-0.2, 0) is 4.74 Å². The van der Waals surface area contributed by atoms with Crippen molar-refractivity contribution < 1.29 is 19.0 Å². The van der Waals surface area contributed by atoms with E-state index in [2.05, 4.69) is 9.80 Å². The van der Waals surface area contributed by atoms with Crippen LogP contribution in [0.15, 0.2) is 53.5 Å². The molecule has 1 unspecified atom stereocenters. The van der Waals surface area contributed by atoms with Crippen LogP contribution in [0, 0.1) is 5.82 Å². The van der Waals surface area contributed by atoms with E-state index in [9.17, 15) is 9.90 Å². The minimum absolute atomic E-state index is 0.131. The van der Waals surface area contributed by atoms with Crippen molar-refractivity contribution in [1.82, 2.24) is 9.47 Å². The van der Waals surface area contributed by atoms with Gasteiger partial charge >= 0.3 is 0 Å². The highest BCUT2D eigenvalue weighted by Crippen LogP contribution is 2.29. The van der Waals surface area contributed by atoms with Crippen molar-refractivity contribution in [2.45, 2.75) is 50.4 Å². The lowest BCUT2D eigenvalue weighted by molar-refractivity contribution is 0.0653. The fourth-order valence-corrected chi connectivity index (χ4v) is 5.90. The Hall–Kier alpha value is -2.94. The highest BCUT2D eigenvalue weighted by Gasteiger charge is 2.31. The monoisotopic (exact) mass is 507 g/mol. The normalized spacial score (nSPS) is 23.2. The maximum absolute atomic E-state index is 15.3. The van der Waals surface area contributed by atoms with Gasteiger partial charge in [-0.05, 0) is 73.9 Å². The number of nitrogens with zero attached hydrogens (tertiary/aromatic N) is 3.